The minimum Gasteiger partial charge on any atom is -0.664 e. The van der Waals surface area contributed by atoms with Crippen LogP contribution in [-0.2, 0) is 0 Å². The molecule has 1 fully saturated rings. The van der Waals surface area contributed by atoms with Crippen molar-refractivity contribution in [3.05, 3.63) is 71.7 Å². The van der Waals surface area contributed by atoms with Gasteiger partial charge in [0, 0.05) is 84.9 Å². The zero-order chi connectivity index (χ0) is 18.9. The van der Waals surface area contributed by atoms with E-state index in [2.05, 4.69) is 59.2 Å². The summed E-state index contributed by atoms with van der Waals surface area (Å²) in [5.74, 6) is -0.692. The van der Waals surface area contributed by atoms with Crippen LogP contribution in [0.4, 0.5) is 0 Å². The van der Waals surface area contributed by atoms with Crippen molar-refractivity contribution in [3.8, 4) is 0 Å². The fraction of sp³-hybridized carbons (Fsp3) is 0.400. The first-order chi connectivity index (χ1) is 12.5. The fourth-order valence-corrected chi connectivity index (χ4v) is 2.96. The van der Waals surface area contributed by atoms with E-state index in [1.54, 1.807) is 18.3 Å². The summed E-state index contributed by atoms with van der Waals surface area (Å²) < 4.78 is 0. The topological polar surface area (TPSA) is 80.5 Å². The van der Waals surface area contributed by atoms with E-state index < -0.39 is 5.91 Å². The Morgan fingerprint density at radius 1 is 1.30 bits per heavy atom. The van der Waals surface area contributed by atoms with Gasteiger partial charge in [0.1, 0.15) is 0 Å². The van der Waals surface area contributed by atoms with Crippen LogP contribution in [0.2, 0.25) is 0 Å². The molecule has 0 saturated carbocycles. The molecular formula is C20H27N4O2Pr-. The number of hydrogen-bond donors (Lipinski definition) is 1. The number of aliphatic hydroxyl groups excluding tert-OH is 1. The molecule has 7 heteroatoms. The Morgan fingerprint density at radius 3 is 2.44 bits per heavy atom. The molecule has 1 aromatic carbocycles. The number of hydrogen-bond acceptors (Lipinski definition) is 5. The molecule has 27 heavy (non-hydrogen) atoms. The predicted octanol–water partition coefficient (Wildman–Crippen LogP) is 2.63. The van der Waals surface area contributed by atoms with Gasteiger partial charge < -0.3 is 20.5 Å². The smallest absolute Gasteiger partial charge is 0.0811 e. The number of amides is 1. The van der Waals surface area contributed by atoms with Crippen molar-refractivity contribution in [3.63, 3.8) is 0 Å². The number of pyridine rings is 1. The van der Waals surface area contributed by atoms with Gasteiger partial charge in [0.25, 0.3) is 0 Å². The van der Waals surface area contributed by atoms with Gasteiger partial charge in [0.2, 0.25) is 0 Å². The maximum Gasteiger partial charge on any atom is 0.0811 e. The van der Waals surface area contributed by atoms with E-state index in [4.69, 9.17) is 5.73 Å². The van der Waals surface area contributed by atoms with Crippen molar-refractivity contribution in [2.75, 3.05) is 33.7 Å². The van der Waals surface area contributed by atoms with Crippen molar-refractivity contribution < 1.29 is 51.2 Å². The van der Waals surface area contributed by atoms with Crippen molar-refractivity contribution in [2.45, 2.75) is 18.6 Å². The molecule has 0 unspecified atom stereocenters. The normalized spacial score (nSPS) is 17.6. The molecule has 0 aliphatic carbocycles. The molecule has 1 aliphatic heterocycles. The van der Waals surface area contributed by atoms with Crippen molar-refractivity contribution in [1.29, 1.82) is 0 Å². The molecule has 0 bridgehead atoms. The molecule has 3 rings (SSSR count). The number of nitrogens with zero attached hydrogens (tertiary/aromatic N) is 3. The molecule has 0 spiro atoms. The molecule has 1 amide bonds. The molecule has 1 radical (unpaired) electrons. The standard InChI is InChI=1S/C14H22N2O.C6H6N2O.Pr/c1-15(2)14(12-6-4-3-5-7-12)11-16-9-8-13(17)10-16;7-6(9)5-2-1-3-8-4-5;/h3-7,13-14,17H,8-11H2,1-2H3;1-4H,(H2,7,9);/p-1/t13-,14+;;/m0../s1. The van der Waals surface area contributed by atoms with E-state index >= 15 is 0 Å². The van der Waals surface area contributed by atoms with Gasteiger partial charge in [-0.1, -0.05) is 30.3 Å². The van der Waals surface area contributed by atoms with E-state index in [1.807, 2.05) is 0 Å². The number of likely N-dealkylation sites (tertiary alicyclic amines) is 1. The second-order valence-electron chi connectivity index (χ2n) is 6.66. The van der Waals surface area contributed by atoms with Crippen LogP contribution >= 0.6 is 0 Å². The van der Waals surface area contributed by atoms with Crippen LogP contribution in [0.15, 0.2) is 54.9 Å². The average Bonchev–Trinajstić information content (AvgIpc) is 3.06. The van der Waals surface area contributed by atoms with Gasteiger partial charge in [-0.15, -0.1) is 0 Å². The second kappa shape index (κ2) is 12.5. The molecular weight excluding hydrogens is 469 g/mol. The Labute approximate surface area is 194 Å². The van der Waals surface area contributed by atoms with Gasteiger partial charge in [0.05, 0.1) is 12.0 Å². The van der Waals surface area contributed by atoms with E-state index in [1.165, 1.54) is 11.8 Å². The van der Waals surface area contributed by atoms with Gasteiger partial charge in [-0.3, -0.25) is 9.88 Å². The zero-order valence-electron chi connectivity index (χ0n) is 16.0. The van der Waals surface area contributed by atoms with Crippen LogP contribution in [0.1, 0.15) is 28.4 Å². The first-order valence-electron chi connectivity index (χ1n) is 8.75. The number of β-amino-alcohol motifs (C(OH)–C–C–N with tert-alkyl or cyclic N) is 1. The summed E-state index contributed by atoms with van der Waals surface area (Å²) >= 11 is 0. The number of aliphatic hydroxyl groups is 1. The molecule has 2 aromatic rings. The van der Waals surface area contributed by atoms with E-state index in [9.17, 15) is 9.90 Å². The van der Waals surface area contributed by atoms with Crippen LogP contribution in [-0.4, -0.2) is 65.6 Å². The van der Waals surface area contributed by atoms with Gasteiger partial charge in [-0.25, -0.2) is 0 Å². The second-order valence-corrected chi connectivity index (χ2v) is 6.66. The number of rotatable bonds is 5. The summed E-state index contributed by atoms with van der Waals surface area (Å²) in [5.41, 5.74) is 8.32. The largest absolute Gasteiger partial charge is 0.664 e. The van der Waals surface area contributed by atoms with Crippen molar-refractivity contribution in [2.24, 2.45) is 0 Å². The molecule has 1 aliphatic rings. The van der Waals surface area contributed by atoms with Crippen LogP contribution in [0.3, 0.4) is 0 Å². The molecule has 2 atom stereocenters. The van der Waals surface area contributed by atoms with Crippen LogP contribution in [0.5, 0.6) is 0 Å². The zero-order valence-corrected chi connectivity index (χ0v) is 19.7. The molecule has 2 N–H and O–H groups in total. The summed E-state index contributed by atoms with van der Waals surface area (Å²) in [6.45, 7) is 2.82. The number of likely N-dealkylation sites (N-methyl/N-ethyl adjacent to an activating group) is 1. The Hall–Kier alpha value is -0.916. The minimum atomic E-state index is -0.692. The third kappa shape index (κ3) is 8.32. The summed E-state index contributed by atoms with van der Waals surface area (Å²) in [6.07, 6.45) is 3.71. The number of carbonyl (C=O) groups is 1. The van der Waals surface area contributed by atoms with Crippen molar-refractivity contribution in [1.82, 2.24) is 14.8 Å². The summed E-state index contributed by atoms with van der Waals surface area (Å²) in [5, 5.41) is 9.57. The maximum absolute atomic E-state index is 10.3. The summed E-state index contributed by atoms with van der Waals surface area (Å²) in [6, 6.07) is 14.2. The number of carbonyl (C=O) groups excluding carboxylic acids is 1. The number of nitrogens with one attached hydrogen (secondary N) is 1. The fourth-order valence-electron chi connectivity index (χ4n) is 2.96. The van der Waals surface area contributed by atoms with E-state index in [-0.39, 0.29) is 47.4 Å². The Balaban J connectivity index is 0.000000310. The summed E-state index contributed by atoms with van der Waals surface area (Å²) in [4.78, 5) is 18.5. The molecule has 1 aromatic heterocycles. The Bertz CT molecular complexity index is 670. The summed E-state index contributed by atoms with van der Waals surface area (Å²) in [7, 11) is 4.23. The van der Waals surface area contributed by atoms with E-state index in [0.717, 1.165) is 26.1 Å². The maximum atomic E-state index is 10.3. The van der Waals surface area contributed by atoms with Crippen LogP contribution in [0, 0.1) is 41.3 Å². The number of benzene rings is 1. The van der Waals surface area contributed by atoms with Crippen LogP contribution < -0.4 is 0 Å². The molecule has 143 valence electrons. The van der Waals surface area contributed by atoms with Gasteiger partial charge in [-0.05, 0) is 38.2 Å². The Kier molecular flexibility index (Phi) is 11.2. The third-order valence-electron chi connectivity index (χ3n) is 4.41. The quantitative estimate of drug-likeness (QED) is 0.689. The van der Waals surface area contributed by atoms with E-state index in [0.29, 0.717) is 11.6 Å². The third-order valence-corrected chi connectivity index (χ3v) is 4.41. The molecule has 1 saturated heterocycles. The van der Waals surface area contributed by atoms with Gasteiger partial charge in [-0.2, -0.15) is 0 Å². The predicted molar refractivity (Wildman–Crippen MR) is 103 cm³/mol. The average molecular weight is 496 g/mol. The van der Waals surface area contributed by atoms with Crippen LogP contribution in [0.25, 0.3) is 5.73 Å². The SMILES string of the molecule is CN(C)[C@H](CN1CC[C@H](O)C1)c1ccccc1.[NH-]C(=O)c1cccnc1.[Pr]. The Morgan fingerprint density at radius 2 is 2.00 bits per heavy atom. The first kappa shape index (κ1) is 24.1. The van der Waals surface area contributed by atoms with Gasteiger partial charge in [0.15, 0.2) is 0 Å². The van der Waals surface area contributed by atoms with Gasteiger partial charge >= 0.3 is 0 Å². The van der Waals surface area contributed by atoms with Crippen molar-refractivity contribution >= 4 is 5.91 Å². The molecule has 2 heterocycles. The monoisotopic (exact) mass is 496 g/mol. The number of aromatic nitrogens is 1. The first-order valence-corrected chi connectivity index (χ1v) is 8.75. The molecule has 6 nitrogen and oxygen atoms in total. The minimum absolute atomic E-state index is 0.